The molecule has 0 fully saturated rings. The van der Waals surface area contributed by atoms with Crippen molar-refractivity contribution in [1.82, 2.24) is 4.72 Å². The summed E-state index contributed by atoms with van der Waals surface area (Å²) in [5.41, 5.74) is -0.0463. The van der Waals surface area contributed by atoms with Crippen LogP contribution in [0.25, 0.3) is 0 Å². The Hall–Kier alpha value is -1.52. The maximum absolute atomic E-state index is 13.7. The summed E-state index contributed by atoms with van der Waals surface area (Å²) in [6.45, 7) is -1.33. The van der Waals surface area contributed by atoms with Crippen molar-refractivity contribution < 1.29 is 27.4 Å². The van der Waals surface area contributed by atoms with Crippen molar-refractivity contribution >= 4 is 43.5 Å². The highest BCUT2D eigenvalue weighted by Crippen LogP contribution is 2.20. The number of hydrogen-bond acceptors (Lipinski definition) is 5. The lowest BCUT2D eigenvalue weighted by molar-refractivity contribution is -0.148. The van der Waals surface area contributed by atoms with Gasteiger partial charge in [-0.1, -0.05) is 33.6 Å². The Balaban J connectivity index is 2.07. The molecule has 0 radical (unpaired) electrons. The van der Waals surface area contributed by atoms with Crippen molar-refractivity contribution in [3.05, 3.63) is 63.3 Å². The van der Waals surface area contributed by atoms with Gasteiger partial charge in [0, 0.05) is 10.0 Å². The quantitative estimate of drug-likeness (QED) is 0.612. The van der Waals surface area contributed by atoms with Crippen molar-refractivity contribution in [3.63, 3.8) is 0 Å². The molecule has 0 bridgehead atoms. The summed E-state index contributed by atoms with van der Waals surface area (Å²) < 4.78 is 45.8. The Kier molecular flexibility index (Phi) is 7.13. The van der Waals surface area contributed by atoms with Gasteiger partial charge in [-0.05, 0) is 36.4 Å². The molecule has 0 aliphatic rings. The first-order valence-electron chi connectivity index (χ1n) is 7.23. The van der Waals surface area contributed by atoms with Gasteiger partial charge in [0.1, 0.15) is 18.5 Å². The van der Waals surface area contributed by atoms with E-state index in [1.54, 1.807) is 0 Å². The van der Waals surface area contributed by atoms with Crippen LogP contribution in [0, 0.1) is 5.82 Å². The summed E-state index contributed by atoms with van der Waals surface area (Å²) >= 11 is 9.01. The second-order valence-electron chi connectivity index (χ2n) is 5.12. The number of nitrogens with one attached hydrogen (secondary N) is 1. The fraction of sp³-hybridized carbons (Fsp3) is 0.188. The van der Waals surface area contributed by atoms with Gasteiger partial charge >= 0.3 is 5.97 Å². The zero-order valence-electron chi connectivity index (χ0n) is 13.2. The number of aliphatic hydroxyl groups is 1. The molecular formula is C16H14BrClFNO5S. The molecule has 0 aliphatic carbocycles. The minimum Gasteiger partial charge on any atom is -0.459 e. The monoisotopic (exact) mass is 465 g/mol. The van der Waals surface area contributed by atoms with E-state index in [-0.39, 0.29) is 15.5 Å². The summed E-state index contributed by atoms with van der Waals surface area (Å²) in [6.07, 6.45) is 0. The summed E-state index contributed by atoms with van der Waals surface area (Å²) in [5, 5.41) is 9.39. The molecule has 0 saturated heterocycles. The average Bonchev–Trinajstić information content (AvgIpc) is 2.59. The zero-order valence-corrected chi connectivity index (χ0v) is 16.3. The first-order valence-corrected chi connectivity index (χ1v) is 9.88. The molecule has 10 heteroatoms. The molecule has 140 valence electrons. The van der Waals surface area contributed by atoms with E-state index in [0.717, 1.165) is 6.07 Å². The molecule has 0 aromatic heterocycles. The highest BCUT2D eigenvalue weighted by molar-refractivity contribution is 9.10. The molecular weight excluding hydrogens is 453 g/mol. The molecule has 1 unspecified atom stereocenters. The maximum Gasteiger partial charge on any atom is 0.326 e. The Bertz CT molecular complexity index is 872. The van der Waals surface area contributed by atoms with Gasteiger partial charge in [0.25, 0.3) is 0 Å². The summed E-state index contributed by atoms with van der Waals surface area (Å²) in [4.78, 5) is 12.0. The van der Waals surface area contributed by atoms with Crippen LogP contribution in [0.1, 0.15) is 5.56 Å². The van der Waals surface area contributed by atoms with Crippen LogP contribution in [-0.4, -0.2) is 32.1 Å². The van der Waals surface area contributed by atoms with E-state index < -0.39 is 41.1 Å². The van der Waals surface area contributed by atoms with Crippen molar-refractivity contribution in [2.75, 3.05) is 6.61 Å². The number of hydrogen-bond donors (Lipinski definition) is 2. The van der Waals surface area contributed by atoms with Gasteiger partial charge in [0.15, 0.2) is 0 Å². The number of ether oxygens (including phenoxy) is 1. The van der Waals surface area contributed by atoms with Crippen LogP contribution in [0.15, 0.2) is 51.8 Å². The van der Waals surface area contributed by atoms with Crippen molar-refractivity contribution in [2.45, 2.75) is 17.5 Å². The minimum absolute atomic E-state index is 0.0463. The van der Waals surface area contributed by atoms with Crippen molar-refractivity contribution in [1.29, 1.82) is 0 Å². The number of carbonyl (C=O) groups excluding carboxylic acids is 1. The molecule has 2 N–H and O–H groups in total. The normalized spacial score (nSPS) is 12.6. The number of rotatable bonds is 7. The molecule has 1 atom stereocenters. The van der Waals surface area contributed by atoms with Crippen LogP contribution in [-0.2, 0) is 26.2 Å². The van der Waals surface area contributed by atoms with Crippen molar-refractivity contribution in [2.24, 2.45) is 0 Å². The summed E-state index contributed by atoms with van der Waals surface area (Å²) in [5.74, 6) is -1.73. The second-order valence-corrected chi connectivity index (χ2v) is 8.16. The fourth-order valence-corrected chi connectivity index (χ4v) is 3.60. The SMILES string of the molecule is O=C(OCc1c(F)cccc1Cl)C(CO)NS(=O)(=O)c1ccc(Br)cc1. The van der Waals surface area contributed by atoms with Gasteiger partial charge in [0.2, 0.25) is 10.0 Å². The van der Waals surface area contributed by atoms with Gasteiger partial charge in [-0.2, -0.15) is 4.72 Å². The van der Waals surface area contributed by atoms with E-state index in [9.17, 15) is 22.7 Å². The largest absolute Gasteiger partial charge is 0.459 e. The zero-order chi connectivity index (χ0) is 19.3. The molecule has 6 nitrogen and oxygen atoms in total. The number of carbonyl (C=O) groups is 1. The summed E-state index contributed by atoms with van der Waals surface area (Å²) in [7, 11) is -4.06. The standard InChI is InChI=1S/C16H14BrClFNO5S/c17-10-4-6-11(7-5-10)26(23,24)20-15(8-21)16(22)25-9-12-13(18)2-1-3-14(12)19/h1-7,15,20-21H,8-9H2. The van der Waals surface area contributed by atoms with E-state index in [1.807, 2.05) is 4.72 Å². The first-order chi connectivity index (χ1) is 12.2. The number of aliphatic hydroxyl groups excluding tert-OH is 1. The lowest BCUT2D eigenvalue weighted by Gasteiger charge is -2.16. The molecule has 2 rings (SSSR count). The highest BCUT2D eigenvalue weighted by atomic mass is 79.9. The Labute approximate surface area is 163 Å². The van der Waals surface area contributed by atoms with Gasteiger partial charge in [-0.15, -0.1) is 0 Å². The minimum atomic E-state index is -4.06. The van der Waals surface area contributed by atoms with E-state index in [4.69, 9.17) is 16.3 Å². The first kappa shape index (κ1) is 20.8. The number of benzene rings is 2. The van der Waals surface area contributed by atoms with Crippen LogP contribution >= 0.6 is 27.5 Å². The average molecular weight is 467 g/mol. The van der Waals surface area contributed by atoms with Crippen LogP contribution in [0.4, 0.5) is 4.39 Å². The predicted molar refractivity (Wildman–Crippen MR) is 96.5 cm³/mol. The van der Waals surface area contributed by atoms with Gasteiger partial charge in [0.05, 0.1) is 16.5 Å². The summed E-state index contributed by atoms with van der Waals surface area (Å²) in [6, 6.07) is 8.10. The Morgan fingerprint density at radius 2 is 1.92 bits per heavy atom. The Morgan fingerprint density at radius 1 is 1.27 bits per heavy atom. The topological polar surface area (TPSA) is 92.7 Å². The van der Waals surface area contributed by atoms with Crippen LogP contribution < -0.4 is 4.72 Å². The molecule has 26 heavy (non-hydrogen) atoms. The van der Waals surface area contributed by atoms with E-state index in [0.29, 0.717) is 4.47 Å². The van der Waals surface area contributed by atoms with Crippen LogP contribution in [0.3, 0.4) is 0 Å². The van der Waals surface area contributed by atoms with E-state index in [2.05, 4.69) is 15.9 Å². The van der Waals surface area contributed by atoms with Gasteiger partial charge in [-0.3, -0.25) is 4.79 Å². The molecule has 0 heterocycles. The maximum atomic E-state index is 13.7. The molecule has 0 amide bonds. The molecule has 0 aliphatic heterocycles. The Morgan fingerprint density at radius 3 is 2.50 bits per heavy atom. The fourth-order valence-electron chi connectivity index (χ4n) is 1.94. The predicted octanol–water partition coefficient (Wildman–Crippen LogP) is 2.62. The number of halogens is 3. The number of esters is 1. The number of sulfonamides is 1. The highest BCUT2D eigenvalue weighted by Gasteiger charge is 2.27. The van der Waals surface area contributed by atoms with Gasteiger partial charge in [-0.25, -0.2) is 12.8 Å². The molecule has 0 spiro atoms. The van der Waals surface area contributed by atoms with Crippen LogP contribution in [0.2, 0.25) is 5.02 Å². The molecule has 2 aromatic carbocycles. The molecule has 0 saturated carbocycles. The van der Waals surface area contributed by atoms with E-state index >= 15 is 0 Å². The van der Waals surface area contributed by atoms with Crippen LogP contribution in [0.5, 0.6) is 0 Å². The second kappa shape index (κ2) is 8.92. The third kappa shape index (κ3) is 5.24. The lowest BCUT2D eigenvalue weighted by atomic mass is 10.2. The lowest BCUT2D eigenvalue weighted by Crippen LogP contribution is -2.44. The smallest absolute Gasteiger partial charge is 0.326 e. The third-order valence-electron chi connectivity index (χ3n) is 3.31. The van der Waals surface area contributed by atoms with Crippen molar-refractivity contribution in [3.8, 4) is 0 Å². The molecule has 2 aromatic rings. The third-order valence-corrected chi connectivity index (χ3v) is 5.68. The van der Waals surface area contributed by atoms with E-state index in [1.165, 1.54) is 36.4 Å². The van der Waals surface area contributed by atoms with Gasteiger partial charge < -0.3 is 9.84 Å².